The highest BCUT2D eigenvalue weighted by Gasteiger charge is 2.32. The maximum absolute atomic E-state index is 13.3. The molecule has 1 aliphatic rings. The summed E-state index contributed by atoms with van der Waals surface area (Å²) in [4.78, 5) is 19.8. The predicted molar refractivity (Wildman–Crippen MR) is 153 cm³/mol. The van der Waals surface area contributed by atoms with E-state index in [2.05, 4.69) is 27.6 Å². The molecule has 0 aliphatic carbocycles. The van der Waals surface area contributed by atoms with E-state index in [0.717, 1.165) is 14.7 Å². The van der Waals surface area contributed by atoms with Crippen LogP contribution in [0.1, 0.15) is 25.0 Å². The summed E-state index contributed by atoms with van der Waals surface area (Å²) in [5, 5.41) is 1.20. The lowest BCUT2D eigenvalue weighted by atomic mass is 10.1. The van der Waals surface area contributed by atoms with E-state index < -0.39 is 0 Å². The van der Waals surface area contributed by atoms with Crippen molar-refractivity contribution in [2.45, 2.75) is 20.5 Å². The predicted octanol–water partition coefficient (Wildman–Crippen LogP) is 7.69. The fourth-order valence-corrected chi connectivity index (χ4v) is 5.52. The lowest BCUT2D eigenvalue weighted by Crippen LogP contribution is -2.28. The van der Waals surface area contributed by atoms with Crippen molar-refractivity contribution in [1.29, 1.82) is 0 Å². The number of hydrogen-bond donors (Lipinski definition) is 0. The molecule has 0 radical (unpaired) electrons. The van der Waals surface area contributed by atoms with Crippen LogP contribution in [0.4, 0.5) is 10.1 Å². The number of halogens is 3. The summed E-state index contributed by atoms with van der Waals surface area (Å²) in [5.74, 6) is 0.751. The summed E-state index contributed by atoms with van der Waals surface area (Å²) in [6.07, 6.45) is 1.82. The lowest BCUT2D eigenvalue weighted by molar-refractivity contribution is -0.122. The van der Waals surface area contributed by atoms with Gasteiger partial charge in [0, 0.05) is 17.1 Å². The Hall–Kier alpha value is -2.56. The molecule has 3 aromatic rings. The zero-order chi connectivity index (χ0) is 25.7. The van der Waals surface area contributed by atoms with Gasteiger partial charge in [-0.05, 0) is 102 Å². The van der Waals surface area contributed by atoms with Crippen molar-refractivity contribution in [3.05, 3.63) is 91.1 Å². The second-order valence-corrected chi connectivity index (χ2v) is 10.3. The first-order valence-corrected chi connectivity index (χ1v) is 13.5. The second-order valence-electron chi connectivity index (χ2n) is 7.67. The van der Waals surface area contributed by atoms with E-state index in [1.807, 2.05) is 56.3 Å². The first-order chi connectivity index (χ1) is 17.4. The Morgan fingerprint density at radius 3 is 2.56 bits per heavy atom. The summed E-state index contributed by atoms with van der Waals surface area (Å²) in [7, 11) is 0. The highest BCUT2D eigenvalue weighted by Crippen LogP contribution is 2.38. The minimum Gasteiger partial charge on any atom is -0.490 e. The Balaban J connectivity index is 1.61. The molecule has 1 heterocycles. The van der Waals surface area contributed by atoms with Crippen LogP contribution >= 0.6 is 46.0 Å². The summed E-state index contributed by atoms with van der Waals surface area (Å²) in [5.41, 5.74) is 2.27. The zero-order valence-electron chi connectivity index (χ0n) is 19.6. The van der Waals surface area contributed by atoms with E-state index in [0.29, 0.717) is 52.0 Å². The van der Waals surface area contributed by atoms with Gasteiger partial charge in [-0.25, -0.2) is 9.38 Å². The van der Waals surface area contributed by atoms with E-state index in [1.54, 1.807) is 17.0 Å². The number of hydrogen-bond acceptors (Lipinski definition) is 5. The van der Waals surface area contributed by atoms with Crippen LogP contribution in [-0.4, -0.2) is 29.1 Å². The zero-order valence-corrected chi connectivity index (χ0v) is 23.4. The van der Waals surface area contributed by atoms with Crippen molar-refractivity contribution >= 4 is 68.8 Å². The van der Waals surface area contributed by atoms with Gasteiger partial charge in [0.15, 0.2) is 16.7 Å². The van der Waals surface area contributed by atoms with Gasteiger partial charge in [0.25, 0.3) is 5.91 Å². The van der Waals surface area contributed by atoms with Gasteiger partial charge in [0.05, 0.1) is 20.8 Å². The Morgan fingerprint density at radius 2 is 1.86 bits per heavy atom. The van der Waals surface area contributed by atoms with Crippen LogP contribution in [0.15, 0.2) is 70.6 Å². The van der Waals surface area contributed by atoms with Gasteiger partial charge in [0.2, 0.25) is 0 Å². The fourth-order valence-electron chi connectivity index (χ4n) is 3.49. The molecule has 0 atom stereocenters. The third-order valence-electron chi connectivity index (χ3n) is 5.21. The Bertz CT molecular complexity index is 1330. The number of rotatable bonds is 8. The monoisotopic (exact) mass is 636 g/mol. The summed E-state index contributed by atoms with van der Waals surface area (Å²) in [6, 6.07) is 17.2. The van der Waals surface area contributed by atoms with E-state index in [-0.39, 0.29) is 11.7 Å². The lowest BCUT2D eigenvalue weighted by Gasteiger charge is -2.15. The number of ether oxygens (including phenoxy) is 2. The number of carbonyl (C=O) groups is 1. The minimum atomic E-state index is -0.332. The molecule has 0 bridgehead atoms. The molecule has 186 valence electrons. The number of thioether (sulfide) groups is 1. The van der Waals surface area contributed by atoms with Crippen molar-refractivity contribution < 1.29 is 18.7 Å². The SMILES string of the molecule is CCOc1cc(/C=C2/SC(=Nc3ccc(F)cc3)N(CC)C2=O)cc(I)c1OCc1ccccc1Cl. The van der Waals surface area contributed by atoms with Crippen LogP contribution in [0.5, 0.6) is 11.5 Å². The van der Waals surface area contributed by atoms with Gasteiger partial charge in [-0.15, -0.1) is 0 Å². The molecule has 5 nitrogen and oxygen atoms in total. The molecule has 0 saturated carbocycles. The number of aliphatic imine (C=N–C) groups is 1. The van der Waals surface area contributed by atoms with Gasteiger partial charge < -0.3 is 9.47 Å². The summed E-state index contributed by atoms with van der Waals surface area (Å²) in [6.45, 7) is 5.04. The van der Waals surface area contributed by atoms with Crippen molar-refractivity contribution in [2.75, 3.05) is 13.2 Å². The second kappa shape index (κ2) is 12.1. The van der Waals surface area contributed by atoms with Crippen molar-refractivity contribution in [3.8, 4) is 11.5 Å². The highest BCUT2D eigenvalue weighted by atomic mass is 127. The summed E-state index contributed by atoms with van der Waals surface area (Å²) >= 11 is 9.77. The molecule has 0 spiro atoms. The molecule has 1 saturated heterocycles. The average molecular weight is 637 g/mol. The molecule has 3 aromatic carbocycles. The quantitative estimate of drug-likeness (QED) is 0.188. The molecule has 0 unspecified atom stereocenters. The normalized spacial score (nSPS) is 15.7. The third kappa shape index (κ3) is 6.22. The van der Waals surface area contributed by atoms with Gasteiger partial charge in [-0.3, -0.25) is 9.69 Å². The van der Waals surface area contributed by atoms with Gasteiger partial charge >= 0.3 is 0 Å². The van der Waals surface area contributed by atoms with Crippen molar-refractivity contribution in [3.63, 3.8) is 0 Å². The van der Waals surface area contributed by atoms with Crippen molar-refractivity contribution in [1.82, 2.24) is 4.90 Å². The van der Waals surface area contributed by atoms with Crippen LogP contribution in [0, 0.1) is 9.39 Å². The van der Waals surface area contributed by atoms with Gasteiger partial charge in [-0.1, -0.05) is 29.8 Å². The van der Waals surface area contributed by atoms with Crippen LogP contribution in [0.3, 0.4) is 0 Å². The molecule has 0 N–H and O–H groups in total. The number of benzene rings is 3. The number of nitrogens with zero attached hydrogens (tertiary/aromatic N) is 2. The molecular formula is C27H23ClFIN2O3S. The number of amides is 1. The first-order valence-electron chi connectivity index (χ1n) is 11.3. The van der Waals surface area contributed by atoms with Gasteiger partial charge in [0.1, 0.15) is 12.4 Å². The van der Waals surface area contributed by atoms with Crippen molar-refractivity contribution in [2.24, 2.45) is 4.99 Å². The summed E-state index contributed by atoms with van der Waals surface area (Å²) < 4.78 is 26.1. The van der Waals surface area contributed by atoms with Crippen LogP contribution < -0.4 is 9.47 Å². The van der Waals surface area contributed by atoms with Gasteiger partial charge in [-0.2, -0.15) is 0 Å². The third-order valence-corrected chi connectivity index (χ3v) is 7.39. The van der Waals surface area contributed by atoms with E-state index >= 15 is 0 Å². The van der Waals surface area contributed by atoms with Crippen LogP contribution in [0.25, 0.3) is 6.08 Å². The maximum Gasteiger partial charge on any atom is 0.266 e. The standard InChI is InChI=1S/C27H23ClFIN2O3S/c1-3-32-26(33)24(36-27(32)31-20-11-9-19(29)10-12-20)15-17-13-22(30)25(23(14-17)34-4-2)35-16-18-7-5-6-8-21(18)28/h5-15H,3-4,16H2,1-2H3/b24-15+,31-27?. The Labute approximate surface area is 232 Å². The average Bonchev–Trinajstić information content (AvgIpc) is 3.14. The van der Waals surface area contributed by atoms with Crippen LogP contribution in [-0.2, 0) is 11.4 Å². The molecule has 36 heavy (non-hydrogen) atoms. The van der Waals surface area contributed by atoms with E-state index in [9.17, 15) is 9.18 Å². The molecular weight excluding hydrogens is 614 g/mol. The number of amidine groups is 1. The number of carbonyl (C=O) groups excluding carboxylic acids is 1. The molecule has 4 rings (SSSR count). The maximum atomic E-state index is 13.3. The Morgan fingerprint density at radius 1 is 1.11 bits per heavy atom. The van der Waals surface area contributed by atoms with E-state index in [4.69, 9.17) is 21.1 Å². The molecule has 0 aromatic heterocycles. The highest BCUT2D eigenvalue weighted by molar-refractivity contribution is 14.1. The number of likely N-dealkylation sites (N-methyl/N-ethyl adjacent to an activating group) is 1. The topological polar surface area (TPSA) is 51.1 Å². The molecule has 1 aliphatic heterocycles. The smallest absolute Gasteiger partial charge is 0.266 e. The molecule has 1 fully saturated rings. The van der Waals surface area contributed by atoms with E-state index in [1.165, 1.54) is 23.9 Å². The largest absolute Gasteiger partial charge is 0.490 e. The minimum absolute atomic E-state index is 0.129. The molecule has 1 amide bonds. The molecule has 9 heteroatoms. The Kier molecular flexibility index (Phi) is 8.92. The fraction of sp³-hybridized carbons (Fsp3) is 0.185. The van der Waals surface area contributed by atoms with Crippen LogP contribution in [0.2, 0.25) is 5.02 Å². The first kappa shape index (κ1) is 26.5.